The predicted octanol–water partition coefficient (Wildman–Crippen LogP) is 3.03. The molecule has 0 aliphatic carbocycles. The molecular weight excluding hydrogens is 301 g/mol. The summed E-state index contributed by atoms with van der Waals surface area (Å²) in [4.78, 5) is 12.9. The number of hydrogen-bond donors (Lipinski definition) is 2. The van der Waals surface area contributed by atoms with Crippen LogP contribution < -0.4 is 5.32 Å². The average Bonchev–Trinajstić information content (AvgIpc) is 2.53. The van der Waals surface area contributed by atoms with Gasteiger partial charge in [-0.25, -0.2) is 4.39 Å². The van der Waals surface area contributed by atoms with Crippen molar-refractivity contribution in [3.8, 4) is 0 Å². The highest BCUT2D eigenvalue weighted by Crippen LogP contribution is 2.18. The van der Waals surface area contributed by atoms with Gasteiger partial charge in [0, 0.05) is 17.0 Å². The second kappa shape index (κ2) is 7.96. The largest absolute Gasteiger partial charge is 0.392 e. The van der Waals surface area contributed by atoms with E-state index >= 15 is 0 Å². The van der Waals surface area contributed by atoms with Crippen molar-refractivity contribution in [2.45, 2.75) is 25.0 Å². The van der Waals surface area contributed by atoms with Crippen LogP contribution in [0.2, 0.25) is 0 Å². The van der Waals surface area contributed by atoms with E-state index in [2.05, 4.69) is 5.32 Å². The van der Waals surface area contributed by atoms with Gasteiger partial charge in [0.15, 0.2) is 0 Å². The molecule has 0 unspecified atom stereocenters. The highest BCUT2D eigenvalue weighted by molar-refractivity contribution is 8.00. The molecule has 2 aromatic rings. The van der Waals surface area contributed by atoms with Crippen LogP contribution in [0.25, 0.3) is 0 Å². The molecule has 5 heteroatoms. The van der Waals surface area contributed by atoms with Crippen molar-refractivity contribution in [1.29, 1.82) is 0 Å². The third-order valence-electron chi connectivity index (χ3n) is 3.16. The van der Waals surface area contributed by atoms with Crippen LogP contribution in [0, 0.1) is 12.7 Å². The van der Waals surface area contributed by atoms with Crippen LogP contribution in [-0.2, 0) is 17.9 Å². The van der Waals surface area contributed by atoms with Gasteiger partial charge in [0.1, 0.15) is 5.82 Å². The maximum absolute atomic E-state index is 13.3. The van der Waals surface area contributed by atoms with Crippen molar-refractivity contribution in [3.63, 3.8) is 0 Å². The lowest BCUT2D eigenvalue weighted by atomic mass is 10.1. The lowest BCUT2D eigenvalue weighted by molar-refractivity contribution is -0.118. The average molecular weight is 319 g/mol. The monoisotopic (exact) mass is 319 g/mol. The smallest absolute Gasteiger partial charge is 0.230 e. The zero-order chi connectivity index (χ0) is 15.9. The fraction of sp³-hybridized carbons (Fsp3) is 0.235. The maximum Gasteiger partial charge on any atom is 0.230 e. The Hall–Kier alpha value is -1.85. The third-order valence-corrected chi connectivity index (χ3v) is 4.17. The van der Waals surface area contributed by atoms with Crippen LogP contribution in [0.3, 0.4) is 0 Å². The van der Waals surface area contributed by atoms with E-state index in [1.807, 2.05) is 31.2 Å². The summed E-state index contributed by atoms with van der Waals surface area (Å²) in [7, 11) is 0. The standard InChI is InChI=1S/C17H18FNO2S/c1-12-2-5-15(6-3-12)22-11-17(21)19-9-13-4-7-16(18)14(8-13)10-20/h2-8,20H,9-11H2,1H3,(H,19,21). The molecule has 0 heterocycles. The first-order chi connectivity index (χ1) is 10.6. The van der Waals surface area contributed by atoms with E-state index in [9.17, 15) is 9.18 Å². The Morgan fingerprint density at radius 2 is 1.95 bits per heavy atom. The van der Waals surface area contributed by atoms with Crippen LogP contribution in [0.5, 0.6) is 0 Å². The SMILES string of the molecule is Cc1ccc(SCC(=O)NCc2ccc(F)c(CO)c2)cc1. The van der Waals surface area contributed by atoms with Gasteiger partial charge in [-0.15, -0.1) is 11.8 Å². The van der Waals surface area contributed by atoms with Gasteiger partial charge in [-0.1, -0.05) is 23.8 Å². The number of aliphatic hydroxyl groups excluding tert-OH is 1. The zero-order valence-electron chi connectivity index (χ0n) is 12.3. The Morgan fingerprint density at radius 3 is 2.64 bits per heavy atom. The first kappa shape index (κ1) is 16.5. The van der Waals surface area contributed by atoms with Crippen molar-refractivity contribution in [2.24, 2.45) is 0 Å². The predicted molar refractivity (Wildman–Crippen MR) is 86.1 cm³/mol. The Balaban J connectivity index is 1.81. The molecule has 0 aliphatic rings. The number of benzene rings is 2. The van der Waals surface area contributed by atoms with Crippen molar-refractivity contribution in [3.05, 3.63) is 65.0 Å². The number of nitrogens with one attached hydrogen (secondary N) is 1. The molecule has 0 radical (unpaired) electrons. The molecular formula is C17H18FNO2S. The number of aryl methyl sites for hydroxylation is 1. The maximum atomic E-state index is 13.3. The summed E-state index contributed by atoms with van der Waals surface area (Å²) in [5, 5.41) is 11.8. The number of thioether (sulfide) groups is 1. The number of rotatable bonds is 6. The van der Waals surface area contributed by atoms with Crippen LogP contribution >= 0.6 is 11.8 Å². The summed E-state index contributed by atoms with van der Waals surface area (Å²) in [5.74, 6) is -0.190. The minimum atomic E-state index is -0.437. The first-order valence-corrected chi connectivity index (χ1v) is 7.91. The van der Waals surface area contributed by atoms with Crippen LogP contribution in [0.4, 0.5) is 4.39 Å². The van der Waals surface area contributed by atoms with E-state index in [-0.39, 0.29) is 18.1 Å². The van der Waals surface area contributed by atoms with Crippen LogP contribution in [-0.4, -0.2) is 16.8 Å². The van der Waals surface area contributed by atoms with Gasteiger partial charge >= 0.3 is 0 Å². The molecule has 2 N–H and O–H groups in total. The molecule has 0 bridgehead atoms. The van der Waals surface area contributed by atoms with Crippen LogP contribution in [0.15, 0.2) is 47.4 Å². The molecule has 1 amide bonds. The zero-order valence-corrected chi connectivity index (χ0v) is 13.1. The Kier molecular flexibility index (Phi) is 5.98. The number of hydrogen-bond acceptors (Lipinski definition) is 3. The Labute approximate surface area is 133 Å². The van der Waals surface area contributed by atoms with E-state index in [1.54, 1.807) is 12.1 Å². The molecule has 3 nitrogen and oxygen atoms in total. The van der Waals surface area contributed by atoms with E-state index in [1.165, 1.54) is 23.4 Å². The van der Waals surface area contributed by atoms with Gasteiger partial charge in [0.25, 0.3) is 0 Å². The van der Waals surface area contributed by atoms with Crippen molar-refractivity contribution in [2.75, 3.05) is 5.75 Å². The van der Waals surface area contributed by atoms with Gasteiger partial charge in [-0.3, -0.25) is 4.79 Å². The molecule has 0 saturated carbocycles. The van der Waals surface area contributed by atoms with Gasteiger partial charge in [-0.05, 0) is 36.8 Å². The highest BCUT2D eigenvalue weighted by atomic mass is 32.2. The summed E-state index contributed by atoms with van der Waals surface area (Å²) in [6, 6.07) is 12.4. The number of carbonyl (C=O) groups is 1. The Bertz CT molecular complexity index is 644. The molecule has 22 heavy (non-hydrogen) atoms. The van der Waals surface area contributed by atoms with Crippen molar-refractivity contribution < 1.29 is 14.3 Å². The number of carbonyl (C=O) groups excluding carboxylic acids is 1. The molecule has 116 valence electrons. The van der Waals surface area contributed by atoms with Crippen LogP contribution in [0.1, 0.15) is 16.7 Å². The van der Waals surface area contributed by atoms with E-state index in [0.717, 1.165) is 10.5 Å². The Morgan fingerprint density at radius 1 is 1.23 bits per heavy atom. The summed E-state index contributed by atoms with van der Waals surface area (Å²) >= 11 is 1.47. The number of aliphatic hydroxyl groups is 1. The van der Waals surface area contributed by atoms with Crippen molar-refractivity contribution in [1.82, 2.24) is 5.32 Å². The summed E-state index contributed by atoms with van der Waals surface area (Å²) in [6.45, 7) is 1.99. The molecule has 0 aromatic heterocycles. The van der Waals surface area contributed by atoms with Gasteiger partial charge < -0.3 is 10.4 Å². The van der Waals surface area contributed by atoms with Gasteiger partial charge in [-0.2, -0.15) is 0 Å². The van der Waals surface area contributed by atoms with Crippen molar-refractivity contribution >= 4 is 17.7 Å². The summed E-state index contributed by atoms with van der Waals surface area (Å²) < 4.78 is 13.3. The van der Waals surface area contributed by atoms with Gasteiger partial charge in [0.2, 0.25) is 5.91 Å². The second-order valence-electron chi connectivity index (χ2n) is 4.96. The fourth-order valence-corrected chi connectivity index (χ4v) is 2.62. The molecule has 0 aliphatic heterocycles. The molecule has 0 saturated heterocycles. The number of amides is 1. The highest BCUT2D eigenvalue weighted by Gasteiger charge is 2.05. The minimum Gasteiger partial charge on any atom is -0.392 e. The van der Waals surface area contributed by atoms with Gasteiger partial charge in [0.05, 0.1) is 12.4 Å². The quantitative estimate of drug-likeness (QED) is 0.805. The molecule has 0 fully saturated rings. The third kappa shape index (κ3) is 4.86. The topological polar surface area (TPSA) is 49.3 Å². The van der Waals surface area contributed by atoms with E-state index in [4.69, 9.17) is 5.11 Å². The molecule has 2 aromatic carbocycles. The molecule has 0 spiro atoms. The molecule has 0 atom stereocenters. The minimum absolute atomic E-state index is 0.0829. The first-order valence-electron chi connectivity index (χ1n) is 6.93. The molecule has 2 rings (SSSR count). The normalized spacial score (nSPS) is 10.5. The summed E-state index contributed by atoms with van der Waals surface area (Å²) in [6.07, 6.45) is 0. The van der Waals surface area contributed by atoms with E-state index < -0.39 is 5.82 Å². The summed E-state index contributed by atoms with van der Waals surface area (Å²) in [5.41, 5.74) is 2.18. The number of halogens is 1. The van der Waals surface area contributed by atoms with E-state index in [0.29, 0.717) is 12.3 Å². The second-order valence-corrected chi connectivity index (χ2v) is 6.01. The lowest BCUT2D eigenvalue weighted by Crippen LogP contribution is -2.24. The fourth-order valence-electron chi connectivity index (χ4n) is 1.89. The lowest BCUT2D eigenvalue weighted by Gasteiger charge is -2.07.